The number of benzene rings is 2. The molecule has 1 N–H and O–H groups in total. The van der Waals surface area contributed by atoms with Gasteiger partial charge in [0, 0.05) is 23.8 Å². The predicted octanol–water partition coefficient (Wildman–Crippen LogP) is 4.35. The first kappa shape index (κ1) is 20.9. The molecule has 1 amide bonds. The number of amides is 1. The third kappa shape index (κ3) is 5.54. The Bertz CT molecular complexity index is 951. The molecule has 2 rings (SSSR count). The van der Waals surface area contributed by atoms with Gasteiger partial charge in [-0.2, -0.15) is 13.2 Å². The number of hydrogen-bond acceptors (Lipinski definition) is 6. The largest absolute Gasteiger partial charge is 0.484 e. The van der Waals surface area contributed by atoms with Crippen molar-refractivity contribution < 1.29 is 32.5 Å². The molecule has 0 aliphatic carbocycles. The van der Waals surface area contributed by atoms with Crippen LogP contribution in [0.15, 0.2) is 36.4 Å². The summed E-state index contributed by atoms with van der Waals surface area (Å²) >= 11 is 5.65. The number of nitro groups is 2. The number of nitrogens with zero attached hydrogens (tertiary/aromatic N) is 2. The van der Waals surface area contributed by atoms with Crippen LogP contribution in [-0.4, -0.2) is 28.5 Å². The van der Waals surface area contributed by atoms with E-state index in [9.17, 15) is 38.2 Å². The van der Waals surface area contributed by atoms with Gasteiger partial charge in [0.2, 0.25) is 0 Å². The smallest absolute Gasteiger partial charge is 0.422 e. The molecule has 0 spiro atoms. The molecule has 0 saturated heterocycles. The second-order valence-electron chi connectivity index (χ2n) is 5.25. The Balaban J connectivity index is 2.30. The molecule has 0 fully saturated rings. The van der Waals surface area contributed by atoms with E-state index in [1.165, 1.54) is 6.07 Å². The van der Waals surface area contributed by atoms with Crippen molar-refractivity contribution in [1.82, 2.24) is 0 Å². The van der Waals surface area contributed by atoms with Gasteiger partial charge in [0.25, 0.3) is 17.3 Å². The maximum Gasteiger partial charge on any atom is 0.422 e. The number of nitro benzene ring substituents is 2. The molecule has 148 valence electrons. The summed E-state index contributed by atoms with van der Waals surface area (Å²) in [6.45, 7) is -1.69. The average Bonchev–Trinajstić information content (AvgIpc) is 2.59. The monoisotopic (exact) mass is 419 g/mol. The lowest BCUT2D eigenvalue weighted by Crippen LogP contribution is -2.19. The van der Waals surface area contributed by atoms with E-state index in [2.05, 4.69) is 10.1 Å². The molecule has 0 heterocycles. The minimum absolute atomic E-state index is 0.194. The van der Waals surface area contributed by atoms with Crippen molar-refractivity contribution in [3.8, 4) is 5.75 Å². The summed E-state index contributed by atoms with van der Waals surface area (Å²) in [5.74, 6) is -1.40. The van der Waals surface area contributed by atoms with Crippen LogP contribution in [0.4, 0.5) is 30.2 Å². The van der Waals surface area contributed by atoms with Crippen LogP contribution in [0.2, 0.25) is 5.02 Å². The lowest BCUT2D eigenvalue weighted by atomic mass is 10.1. The molecular weight excluding hydrogens is 411 g/mol. The summed E-state index contributed by atoms with van der Waals surface area (Å²) < 4.78 is 41.3. The van der Waals surface area contributed by atoms with Gasteiger partial charge in [0.15, 0.2) is 6.61 Å². The van der Waals surface area contributed by atoms with Crippen molar-refractivity contribution in [3.05, 3.63) is 67.2 Å². The highest BCUT2D eigenvalue weighted by molar-refractivity contribution is 6.32. The molecule has 13 heteroatoms. The van der Waals surface area contributed by atoms with Gasteiger partial charge >= 0.3 is 6.18 Å². The van der Waals surface area contributed by atoms with Gasteiger partial charge in [-0.3, -0.25) is 25.0 Å². The molecule has 0 atom stereocenters. The first-order valence-corrected chi connectivity index (χ1v) is 7.58. The van der Waals surface area contributed by atoms with Gasteiger partial charge in [-0.15, -0.1) is 0 Å². The van der Waals surface area contributed by atoms with E-state index in [1.54, 1.807) is 0 Å². The molecule has 0 unspecified atom stereocenters. The van der Waals surface area contributed by atoms with Crippen LogP contribution in [0.5, 0.6) is 5.75 Å². The first-order valence-electron chi connectivity index (χ1n) is 7.20. The number of alkyl halides is 3. The van der Waals surface area contributed by atoms with E-state index in [-0.39, 0.29) is 16.3 Å². The minimum atomic E-state index is -4.67. The Morgan fingerprint density at radius 2 is 1.79 bits per heavy atom. The van der Waals surface area contributed by atoms with Gasteiger partial charge < -0.3 is 10.1 Å². The fourth-order valence-electron chi connectivity index (χ4n) is 2.01. The van der Waals surface area contributed by atoms with Gasteiger partial charge in [-0.25, -0.2) is 0 Å². The lowest BCUT2D eigenvalue weighted by Gasteiger charge is -2.11. The number of halogens is 4. The molecular formula is C15H9ClF3N3O6. The maximum atomic E-state index is 12.3. The fraction of sp³-hybridized carbons (Fsp3) is 0.133. The van der Waals surface area contributed by atoms with Crippen LogP contribution in [0.25, 0.3) is 0 Å². The summed E-state index contributed by atoms with van der Waals surface area (Å²) in [5.41, 5.74) is -1.60. The topological polar surface area (TPSA) is 125 Å². The highest BCUT2D eigenvalue weighted by Gasteiger charge is 2.29. The summed E-state index contributed by atoms with van der Waals surface area (Å²) in [7, 11) is 0. The third-order valence-electron chi connectivity index (χ3n) is 3.17. The third-order valence-corrected chi connectivity index (χ3v) is 3.49. The minimum Gasteiger partial charge on any atom is -0.484 e. The van der Waals surface area contributed by atoms with E-state index in [0.29, 0.717) is 0 Å². The maximum absolute atomic E-state index is 12.3. The van der Waals surface area contributed by atoms with Crippen molar-refractivity contribution in [2.24, 2.45) is 0 Å². The number of hydrogen-bond donors (Lipinski definition) is 1. The van der Waals surface area contributed by atoms with Gasteiger partial charge in [-0.05, 0) is 12.1 Å². The molecule has 0 bridgehead atoms. The van der Waals surface area contributed by atoms with Gasteiger partial charge in [0.05, 0.1) is 21.6 Å². The van der Waals surface area contributed by atoms with Crippen LogP contribution < -0.4 is 10.1 Å². The number of anilines is 1. The van der Waals surface area contributed by atoms with Crippen molar-refractivity contribution >= 4 is 34.6 Å². The van der Waals surface area contributed by atoms with Crippen LogP contribution in [0, 0.1) is 20.2 Å². The SMILES string of the molecule is O=C(Nc1cc(OCC(F)(F)F)cc([N+](=O)[O-])c1)c1ccc(Cl)c([N+](=O)[O-])c1. The van der Waals surface area contributed by atoms with E-state index < -0.39 is 45.7 Å². The van der Waals surface area contributed by atoms with Gasteiger partial charge in [0.1, 0.15) is 10.8 Å². The lowest BCUT2D eigenvalue weighted by molar-refractivity contribution is -0.385. The molecule has 2 aromatic rings. The molecule has 0 aromatic heterocycles. The Kier molecular flexibility index (Phi) is 6.03. The average molecular weight is 420 g/mol. The predicted molar refractivity (Wildman–Crippen MR) is 90.7 cm³/mol. The van der Waals surface area contributed by atoms with E-state index >= 15 is 0 Å². The molecule has 0 aliphatic rings. The standard InChI is InChI=1S/C15H9ClF3N3O6/c16-12-2-1-8(3-13(12)22(26)27)14(23)20-9-4-10(21(24)25)6-11(5-9)28-7-15(17,18)19/h1-6H,7H2,(H,20,23). The van der Waals surface area contributed by atoms with E-state index in [1.807, 2.05) is 0 Å². The number of nitrogens with one attached hydrogen (secondary N) is 1. The summed E-state index contributed by atoms with van der Waals surface area (Å²) in [6, 6.07) is 5.76. The molecule has 0 saturated carbocycles. The van der Waals surface area contributed by atoms with Crippen LogP contribution >= 0.6 is 11.6 Å². The number of carbonyl (C=O) groups is 1. The highest BCUT2D eigenvalue weighted by atomic mass is 35.5. The Morgan fingerprint density at radius 1 is 1.11 bits per heavy atom. The van der Waals surface area contributed by atoms with Crippen molar-refractivity contribution in [2.45, 2.75) is 6.18 Å². The van der Waals surface area contributed by atoms with Crippen molar-refractivity contribution in [3.63, 3.8) is 0 Å². The number of rotatable bonds is 6. The highest BCUT2D eigenvalue weighted by Crippen LogP contribution is 2.29. The zero-order chi connectivity index (χ0) is 21.1. The molecule has 28 heavy (non-hydrogen) atoms. The van der Waals surface area contributed by atoms with Crippen LogP contribution in [0.3, 0.4) is 0 Å². The molecule has 0 aliphatic heterocycles. The van der Waals surface area contributed by atoms with E-state index in [4.69, 9.17) is 11.6 Å². The van der Waals surface area contributed by atoms with E-state index in [0.717, 1.165) is 30.3 Å². The quantitative estimate of drug-likeness (QED) is 0.548. The van der Waals surface area contributed by atoms with Crippen molar-refractivity contribution in [1.29, 1.82) is 0 Å². The number of carbonyl (C=O) groups excluding carboxylic acids is 1. The van der Waals surface area contributed by atoms with Crippen LogP contribution in [-0.2, 0) is 0 Å². The zero-order valence-electron chi connectivity index (χ0n) is 13.5. The second-order valence-corrected chi connectivity index (χ2v) is 5.66. The fourth-order valence-corrected chi connectivity index (χ4v) is 2.19. The zero-order valence-corrected chi connectivity index (χ0v) is 14.3. The van der Waals surface area contributed by atoms with Gasteiger partial charge in [-0.1, -0.05) is 11.6 Å². The summed E-state index contributed by atoms with van der Waals surface area (Å²) in [4.78, 5) is 32.4. The van der Waals surface area contributed by atoms with Crippen molar-refractivity contribution in [2.75, 3.05) is 11.9 Å². The molecule has 2 aromatic carbocycles. The number of ether oxygens (including phenoxy) is 1. The first-order chi connectivity index (χ1) is 13.0. The summed E-state index contributed by atoms with van der Waals surface area (Å²) in [6.07, 6.45) is -4.67. The Hall–Kier alpha value is -3.41. The normalized spacial score (nSPS) is 11.0. The second kappa shape index (κ2) is 8.08. The Labute approximate surface area is 159 Å². The molecule has 9 nitrogen and oxygen atoms in total. The molecule has 0 radical (unpaired) electrons. The number of non-ortho nitro benzene ring substituents is 1. The van der Waals surface area contributed by atoms with Crippen LogP contribution in [0.1, 0.15) is 10.4 Å². The Morgan fingerprint density at radius 3 is 2.36 bits per heavy atom. The summed E-state index contributed by atoms with van der Waals surface area (Å²) in [5, 5.41) is 23.8.